The molecule has 0 aromatic heterocycles. The van der Waals surface area contributed by atoms with Gasteiger partial charge in [-0.05, 0) is 35.2 Å². The van der Waals surface area contributed by atoms with Crippen LogP contribution in [0.3, 0.4) is 0 Å². The number of nitrogens with zero attached hydrogens (tertiary/aromatic N) is 1. The van der Waals surface area contributed by atoms with Crippen LogP contribution in [0.25, 0.3) is 0 Å². The molecule has 2 heterocycles. The van der Waals surface area contributed by atoms with Crippen LogP contribution < -0.4 is 10.6 Å². The maximum absolute atomic E-state index is 13.9. The zero-order valence-electron chi connectivity index (χ0n) is 14.3. The van der Waals surface area contributed by atoms with Crippen molar-refractivity contribution in [2.45, 2.75) is 24.7 Å². The summed E-state index contributed by atoms with van der Waals surface area (Å²) in [5.41, 5.74) is 3.05. The minimum atomic E-state index is -1.08. The van der Waals surface area contributed by atoms with Crippen LogP contribution in [0.1, 0.15) is 22.7 Å². The van der Waals surface area contributed by atoms with E-state index in [0.717, 1.165) is 17.5 Å². The second-order valence-electron chi connectivity index (χ2n) is 6.83. The van der Waals surface area contributed by atoms with Gasteiger partial charge < -0.3 is 15.5 Å². The molecule has 0 bridgehead atoms. The Bertz CT molecular complexity index is 796. The maximum atomic E-state index is 13.9. The Morgan fingerprint density at radius 1 is 1.12 bits per heavy atom. The third-order valence-corrected chi connectivity index (χ3v) is 5.18. The fraction of sp³-hybridized carbons (Fsp3) is 0.350. The monoisotopic (exact) mass is 357 g/mol. The number of hydrogen-bond acceptors (Lipinski definition) is 2. The lowest BCUT2D eigenvalue weighted by molar-refractivity contribution is 0.171. The predicted molar refractivity (Wildman–Crippen MR) is 95.2 cm³/mol. The lowest BCUT2D eigenvalue weighted by Crippen LogP contribution is -2.51. The van der Waals surface area contributed by atoms with Gasteiger partial charge in [-0.3, -0.25) is 0 Å². The fourth-order valence-corrected chi connectivity index (χ4v) is 3.82. The van der Waals surface area contributed by atoms with Gasteiger partial charge in [-0.1, -0.05) is 36.4 Å². The van der Waals surface area contributed by atoms with Crippen molar-refractivity contribution < 1.29 is 13.6 Å². The van der Waals surface area contributed by atoms with Crippen LogP contribution in [-0.2, 0) is 6.42 Å². The SMILES string of the molecule is O=C(N[C@@H]1CNC[C@@H]1F)N1CCc2ccccc2[C@@H]1c1ccc(F)cc1. The van der Waals surface area contributed by atoms with Gasteiger partial charge in [-0.2, -0.15) is 0 Å². The lowest BCUT2D eigenvalue weighted by atomic mass is 9.88. The fourth-order valence-electron chi connectivity index (χ4n) is 3.82. The highest BCUT2D eigenvalue weighted by atomic mass is 19.1. The number of halogens is 2. The number of fused-ring (bicyclic) bond motifs is 1. The molecule has 1 saturated heterocycles. The van der Waals surface area contributed by atoms with E-state index in [-0.39, 0.29) is 24.4 Å². The molecule has 0 saturated carbocycles. The normalized spacial score (nSPS) is 25.0. The van der Waals surface area contributed by atoms with Gasteiger partial charge in [0.05, 0.1) is 12.1 Å². The van der Waals surface area contributed by atoms with Crippen molar-refractivity contribution >= 4 is 6.03 Å². The van der Waals surface area contributed by atoms with Crippen LogP contribution in [0.5, 0.6) is 0 Å². The number of urea groups is 1. The molecule has 136 valence electrons. The Balaban J connectivity index is 1.66. The van der Waals surface area contributed by atoms with E-state index in [1.807, 2.05) is 18.2 Å². The van der Waals surface area contributed by atoms with Crippen molar-refractivity contribution in [1.82, 2.24) is 15.5 Å². The van der Waals surface area contributed by atoms with Crippen molar-refractivity contribution in [1.29, 1.82) is 0 Å². The molecule has 2 amide bonds. The minimum Gasteiger partial charge on any atom is -0.331 e. The molecule has 4 nitrogen and oxygen atoms in total. The van der Waals surface area contributed by atoms with E-state index in [0.29, 0.717) is 13.1 Å². The molecular formula is C20H21F2N3O. The van der Waals surface area contributed by atoms with Gasteiger partial charge in [0.1, 0.15) is 12.0 Å². The van der Waals surface area contributed by atoms with E-state index in [4.69, 9.17) is 0 Å². The molecular weight excluding hydrogens is 336 g/mol. The van der Waals surface area contributed by atoms with E-state index >= 15 is 0 Å². The van der Waals surface area contributed by atoms with Crippen LogP contribution in [0.15, 0.2) is 48.5 Å². The molecule has 0 unspecified atom stereocenters. The third-order valence-electron chi connectivity index (χ3n) is 5.18. The summed E-state index contributed by atoms with van der Waals surface area (Å²) in [4.78, 5) is 14.6. The van der Waals surface area contributed by atoms with Crippen molar-refractivity contribution in [2.24, 2.45) is 0 Å². The first kappa shape index (κ1) is 17.0. The van der Waals surface area contributed by atoms with Gasteiger partial charge in [-0.25, -0.2) is 13.6 Å². The molecule has 1 fully saturated rings. The van der Waals surface area contributed by atoms with E-state index in [1.54, 1.807) is 17.0 Å². The van der Waals surface area contributed by atoms with Crippen molar-refractivity contribution in [3.63, 3.8) is 0 Å². The summed E-state index contributed by atoms with van der Waals surface area (Å²) < 4.78 is 27.3. The molecule has 2 aliphatic rings. The molecule has 26 heavy (non-hydrogen) atoms. The Labute approximate surface area is 151 Å². The standard InChI is InChI=1S/C20H21F2N3O/c21-15-7-5-14(6-8-15)19-16-4-2-1-3-13(16)9-10-25(19)20(26)24-18-12-23-11-17(18)22/h1-8,17-19,23H,9-12H2,(H,24,26)/t17-,18+,19-/m0/s1. The van der Waals surface area contributed by atoms with E-state index in [1.165, 1.54) is 17.7 Å². The van der Waals surface area contributed by atoms with Gasteiger partial charge in [0.25, 0.3) is 0 Å². The zero-order valence-corrected chi connectivity index (χ0v) is 14.3. The number of nitrogens with one attached hydrogen (secondary N) is 2. The number of alkyl halides is 1. The first-order valence-corrected chi connectivity index (χ1v) is 8.88. The van der Waals surface area contributed by atoms with Gasteiger partial charge in [-0.15, -0.1) is 0 Å². The van der Waals surface area contributed by atoms with Gasteiger partial charge in [0.2, 0.25) is 0 Å². The zero-order chi connectivity index (χ0) is 18.1. The van der Waals surface area contributed by atoms with E-state index in [2.05, 4.69) is 16.7 Å². The summed E-state index contributed by atoms with van der Waals surface area (Å²) in [6.07, 6.45) is -0.344. The molecule has 6 heteroatoms. The van der Waals surface area contributed by atoms with Gasteiger partial charge >= 0.3 is 6.03 Å². The van der Waals surface area contributed by atoms with Crippen LogP contribution in [0, 0.1) is 5.82 Å². The maximum Gasteiger partial charge on any atom is 0.318 e. The Morgan fingerprint density at radius 2 is 1.88 bits per heavy atom. The highest BCUT2D eigenvalue weighted by Gasteiger charge is 2.35. The highest BCUT2D eigenvalue weighted by molar-refractivity contribution is 5.76. The number of rotatable bonds is 2. The van der Waals surface area contributed by atoms with Crippen molar-refractivity contribution in [3.05, 3.63) is 71.0 Å². The number of amides is 2. The van der Waals surface area contributed by atoms with Crippen LogP contribution in [0.2, 0.25) is 0 Å². The van der Waals surface area contributed by atoms with Crippen molar-refractivity contribution in [2.75, 3.05) is 19.6 Å². The van der Waals surface area contributed by atoms with Gasteiger partial charge in [0.15, 0.2) is 0 Å². The number of benzene rings is 2. The van der Waals surface area contributed by atoms with Crippen molar-refractivity contribution in [3.8, 4) is 0 Å². The second kappa shape index (κ2) is 7.03. The Morgan fingerprint density at radius 3 is 2.62 bits per heavy atom. The molecule has 2 aromatic carbocycles. The summed E-state index contributed by atoms with van der Waals surface area (Å²) in [7, 11) is 0. The Kier molecular flexibility index (Phi) is 4.59. The average molecular weight is 357 g/mol. The van der Waals surface area contributed by atoms with Crippen LogP contribution in [0.4, 0.5) is 13.6 Å². The summed E-state index contributed by atoms with van der Waals surface area (Å²) in [5, 5.41) is 5.76. The molecule has 0 aliphatic carbocycles. The van der Waals surface area contributed by atoms with Crippen LogP contribution >= 0.6 is 0 Å². The molecule has 0 radical (unpaired) electrons. The lowest BCUT2D eigenvalue weighted by Gasteiger charge is -2.38. The topological polar surface area (TPSA) is 44.4 Å². The highest BCUT2D eigenvalue weighted by Crippen LogP contribution is 2.35. The van der Waals surface area contributed by atoms with Gasteiger partial charge in [0, 0.05) is 19.6 Å². The first-order valence-electron chi connectivity index (χ1n) is 8.88. The first-order chi connectivity index (χ1) is 12.6. The second-order valence-corrected chi connectivity index (χ2v) is 6.83. The largest absolute Gasteiger partial charge is 0.331 e. The van der Waals surface area contributed by atoms with E-state index < -0.39 is 12.2 Å². The Hall–Kier alpha value is -2.47. The molecule has 2 N–H and O–H groups in total. The smallest absolute Gasteiger partial charge is 0.318 e. The number of hydrogen-bond donors (Lipinski definition) is 2. The number of carbonyl (C=O) groups excluding carboxylic acids is 1. The molecule has 4 rings (SSSR count). The average Bonchev–Trinajstić information content (AvgIpc) is 3.06. The summed E-state index contributed by atoms with van der Waals surface area (Å²) in [5.74, 6) is -0.314. The summed E-state index contributed by atoms with van der Waals surface area (Å²) in [6, 6.07) is 13.1. The molecule has 2 aromatic rings. The summed E-state index contributed by atoms with van der Waals surface area (Å²) >= 11 is 0. The number of carbonyl (C=O) groups is 1. The van der Waals surface area contributed by atoms with Crippen LogP contribution in [-0.4, -0.2) is 42.8 Å². The third kappa shape index (κ3) is 3.17. The van der Waals surface area contributed by atoms with E-state index in [9.17, 15) is 13.6 Å². The molecule has 0 spiro atoms. The quantitative estimate of drug-likeness (QED) is 0.868. The molecule has 2 aliphatic heterocycles. The summed E-state index contributed by atoms with van der Waals surface area (Å²) in [6.45, 7) is 1.22. The molecule has 3 atom stereocenters. The predicted octanol–water partition coefficient (Wildman–Crippen LogP) is 2.79. The minimum absolute atomic E-state index is 0.259.